The number of nitrogens with zero attached hydrogens (tertiary/aromatic N) is 4. The first kappa shape index (κ1) is 31.3. The molecule has 4 aromatic heterocycles. The summed E-state index contributed by atoms with van der Waals surface area (Å²) in [6, 6.07) is 63.1. The average Bonchev–Trinajstić information content (AvgIpc) is 3.98. The van der Waals surface area contributed by atoms with Crippen LogP contribution in [0.25, 0.3) is 110 Å². The Bertz CT molecular complexity index is 3220. The summed E-state index contributed by atoms with van der Waals surface area (Å²) in [4.78, 5) is 0. The van der Waals surface area contributed by atoms with E-state index < -0.39 is 0 Å². The second-order valence-corrected chi connectivity index (χ2v) is 15.0. The van der Waals surface area contributed by atoms with Gasteiger partial charge < -0.3 is 18.3 Å². The number of hydrogen-bond donors (Lipinski definition) is 0. The first-order valence-corrected chi connectivity index (χ1v) is 19.8. The van der Waals surface area contributed by atoms with E-state index in [1.54, 1.807) is 0 Å². The zero-order valence-electron chi connectivity index (χ0n) is 31.4. The lowest BCUT2D eigenvalue weighted by atomic mass is 9.94. The predicted molar refractivity (Wildman–Crippen MR) is 238 cm³/mol. The molecule has 0 aliphatic heterocycles. The van der Waals surface area contributed by atoms with Gasteiger partial charge in [0.05, 0.1) is 44.5 Å². The number of aromatic nitrogens is 4. The van der Waals surface area contributed by atoms with E-state index in [1.807, 2.05) is 0 Å². The van der Waals surface area contributed by atoms with Crippen molar-refractivity contribution in [3.05, 3.63) is 170 Å². The highest BCUT2D eigenvalue weighted by atomic mass is 15.0. The average molecular weight is 719 g/mol. The van der Waals surface area contributed by atoms with Crippen LogP contribution in [0.15, 0.2) is 170 Å². The van der Waals surface area contributed by atoms with E-state index in [0.29, 0.717) is 0 Å². The zero-order valence-corrected chi connectivity index (χ0v) is 31.4. The summed E-state index contributed by atoms with van der Waals surface area (Å²) >= 11 is 0. The standard InChI is InChI=1S/C52H38N4/c1-3-53-41-23-11-5-21-37(41)39-29-31-47(55-43-25-13-7-17-33(43)34-18-8-14-26-44(34)55)49(51(39)53)50-48(32-30-40-38-22-6-12-24-42(38)54(4-2)52(40)50)56-45-27-15-9-19-35(45)36-20-10-16-28-46(36)56/h5-32H,3-4H2,1-2H3. The minimum Gasteiger partial charge on any atom is -0.340 e. The number of rotatable bonds is 5. The smallest absolute Gasteiger partial charge is 0.0593 e. The summed E-state index contributed by atoms with van der Waals surface area (Å²) in [6.45, 7) is 6.26. The van der Waals surface area contributed by atoms with Crippen molar-refractivity contribution in [2.45, 2.75) is 26.9 Å². The molecule has 0 bridgehead atoms. The molecule has 56 heavy (non-hydrogen) atoms. The Labute approximate surface area is 323 Å². The molecule has 4 heterocycles. The molecule has 0 spiro atoms. The Kier molecular flexibility index (Phi) is 6.56. The van der Waals surface area contributed by atoms with Gasteiger partial charge in [0, 0.05) is 78.3 Å². The summed E-state index contributed by atoms with van der Waals surface area (Å²) < 4.78 is 10.2. The highest BCUT2D eigenvalue weighted by molar-refractivity contribution is 6.22. The first-order chi connectivity index (χ1) is 27.8. The van der Waals surface area contributed by atoms with E-state index in [9.17, 15) is 0 Å². The van der Waals surface area contributed by atoms with Gasteiger partial charge in [-0.1, -0.05) is 121 Å². The maximum atomic E-state index is 2.56. The van der Waals surface area contributed by atoms with Crippen molar-refractivity contribution in [3.63, 3.8) is 0 Å². The van der Waals surface area contributed by atoms with Crippen molar-refractivity contribution >= 4 is 87.2 Å². The Morgan fingerprint density at radius 2 is 0.554 bits per heavy atom. The minimum absolute atomic E-state index is 0.838. The summed E-state index contributed by atoms with van der Waals surface area (Å²) in [5.74, 6) is 0. The van der Waals surface area contributed by atoms with Crippen LogP contribution in [0.5, 0.6) is 0 Å². The molecule has 0 atom stereocenters. The summed E-state index contributed by atoms with van der Waals surface area (Å²) in [6.07, 6.45) is 0. The predicted octanol–water partition coefficient (Wildman–Crippen LogP) is 13.8. The SMILES string of the molecule is CCn1c2ccccc2c2ccc(-n3c4ccccc4c4ccccc43)c(-c3c(-n4c5ccccc5c5ccccc54)ccc4c5ccccc5n(CC)c34)c21. The van der Waals surface area contributed by atoms with Crippen LogP contribution < -0.4 is 0 Å². The highest BCUT2D eigenvalue weighted by Crippen LogP contribution is 2.49. The van der Waals surface area contributed by atoms with E-state index in [4.69, 9.17) is 0 Å². The van der Waals surface area contributed by atoms with Gasteiger partial charge >= 0.3 is 0 Å². The van der Waals surface area contributed by atoms with Gasteiger partial charge in [0.2, 0.25) is 0 Å². The number of hydrogen-bond acceptors (Lipinski definition) is 0. The molecule has 0 N–H and O–H groups in total. The van der Waals surface area contributed by atoms with Crippen molar-refractivity contribution in [2.75, 3.05) is 0 Å². The van der Waals surface area contributed by atoms with Crippen LogP contribution in [0, 0.1) is 0 Å². The Hall–Kier alpha value is -7.04. The molecule has 12 rings (SSSR count). The van der Waals surface area contributed by atoms with Gasteiger partial charge in [0.1, 0.15) is 0 Å². The van der Waals surface area contributed by atoms with Crippen LogP contribution in [0.3, 0.4) is 0 Å². The third-order valence-electron chi connectivity index (χ3n) is 12.3. The molecule has 8 aromatic carbocycles. The summed E-state index contributed by atoms with van der Waals surface area (Å²) in [5.41, 5.74) is 14.7. The second-order valence-electron chi connectivity index (χ2n) is 15.0. The number of para-hydroxylation sites is 6. The lowest BCUT2D eigenvalue weighted by Gasteiger charge is -2.22. The summed E-state index contributed by atoms with van der Waals surface area (Å²) in [7, 11) is 0. The molecule has 0 saturated heterocycles. The number of fused-ring (bicyclic) bond motifs is 12. The van der Waals surface area contributed by atoms with E-state index in [1.165, 1.54) is 110 Å². The van der Waals surface area contributed by atoms with Crippen LogP contribution in [0.4, 0.5) is 0 Å². The Morgan fingerprint density at radius 3 is 0.857 bits per heavy atom. The Morgan fingerprint density at radius 1 is 0.286 bits per heavy atom. The molecule has 0 fully saturated rings. The van der Waals surface area contributed by atoms with E-state index >= 15 is 0 Å². The molecular weight excluding hydrogens is 681 g/mol. The fourth-order valence-corrected chi connectivity index (χ4v) is 10.2. The highest BCUT2D eigenvalue weighted by Gasteiger charge is 2.28. The topological polar surface area (TPSA) is 19.7 Å². The van der Waals surface area contributed by atoms with E-state index in [-0.39, 0.29) is 0 Å². The molecule has 0 aliphatic carbocycles. The molecule has 12 aromatic rings. The molecule has 4 heteroatoms. The molecule has 0 radical (unpaired) electrons. The quantitative estimate of drug-likeness (QED) is 0.169. The maximum absolute atomic E-state index is 2.56. The van der Waals surface area contributed by atoms with Crippen molar-refractivity contribution in [2.24, 2.45) is 0 Å². The van der Waals surface area contributed by atoms with Gasteiger partial charge in [-0.05, 0) is 62.4 Å². The lowest BCUT2D eigenvalue weighted by molar-refractivity contribution is 0.824. The zero-order chi connectivity index (χ0) is 37.1. The molecule has 0 unspecified atom stereocenters. The lowest BCUT2D eigenvalue weighted by Crippen LogP contribution is -2.06. The fraction of sp³-hybridized carbons (Fsp3) is 0.0769. The molecule has 0 amide bonds. The van der Waals surface area contributed by atoms with Crippen molar-refractivity contribution < 1.29 is 0 Å². The van der Waals surface area contributed by atoms with Crippen molar-refractivity contribution in [1.29, 1.82) is 0 Å². The van der Waals surface area contributed by atoms with E-state index in [2.05, 4.69) is 202 Å². The third kappa shape index (κ3) is 4.03. The van der Waals surface area contributed by atoms with Gasteiger partial charge in [-0.3, -0.25) is 0 Å². The van der Waals surface area contributed by atoms with Crippen LogP contribution in [-0.4, -0.2) is 18.3 Å². The number of benzene rings is 8. The van der Waals surface area contributed by atoms with Crippen LogP contribution in [0.1, 0.15) is 13.8 Å². The monoisotopic (exact) mass is 718 g/mol. The third-order valence-corrected chi connectivity index (χ3v) is 12.3. The molecule has 266 valence electrons. The Balaban J connectivity index is 1.39. The fourth-order valence-electron chi connectivity index (χ4n) is 10.2. The van der Waals surface area contributed by atoms with Crippen LogP contribution >= 0.6 is 0 Å². The van der Waals surface area contributed by atoms with Gasteiger partial charge in [-0.2, -0.15) is 0 Å². The van der Waals surface area contributed by atoms with E-state index in [0.717, 1.165) is 13.1 Å². The van der Waals surface area contributed by atoms with Crippen LogP contribution in [0.2, 0.25) is 0 Å². The minimum atomic E-state index is 0.838. The van der Waals surface area contributed by atoms with Crippen molar-refractivity contribution in [3.8, 4) is 22.5 Å². The number of aryl methyl sites for hydroxylation is 2. The first-order valence-electron chi connectivity index (χ1n) is 19.8. The van der Waals surface area contributed by atoms with Gasteiger partial charge in [0.25, 0.3) is 0 Å². The molecule has 4 nitrogen and oxygen atoms in total. The normalized spacial score (nSPS) is 12.2. The second kappa shape index (κ2) is 11.7. The summed E-state index contributed by atoms with van der Waals surface area (Å²) in [5, 5.41) is 10.1. The molecule has 0 saturated carbocycles. The largest absolute Gasteiger partial charge is 0.340 e. The maximum Gasteiger partial charge on any atom is 0.0593 e. The van der Waals surface area contributed by atoms with Gasteiger partial charge in [-0.15, -0.1) is 0 Å². The van der Waals surface area contributed by atoms with Crippen molar-refractivity contribution in [1.82, 2.24) is 18.3 Å². The molecule has 0 aliphatic rings. The van der Waals surface area contributed by atoms with Gasteiger partial charge in [-0.25, -0.2) is 0 Å². The van der Waals surface area contributed by atoms with Gasteiger partial charge in [0.15, 0.2) is 0 Å². The van der Waals surface area contributed by atoms with Crippen LogP contribution in [-0.2, 0) is 13.1 Å². The molecular formula is C52H38N4.